The van der Waals surface area contributed by atoms with E-state index in [2.05, 4.69) is 32.6 Å². The zero-order valence-corrected chi connectivity index (χ0v) is 19.0. The summed E-state index contributed by atoms with van der Waals surface area (Å²) in [6.07, 6.45) is 0.805. The van der Waals surface area contributed by atoms with E-state index in [1.165, 1.54) is 15.9 Å². The molecule has 156 valence electrons. The van der Waals surface area contributed by atoms with Crippen molar-refractivity contribution < 1.29 is 9.53 Å². The molecular weight excluding hydrogens is 374 g/mol. The van der Waals surface area contributed by atoms with Crippen molar-refractivity contribution in [1.29, 1.82) is 0 Å². The monoisotopic (exact) mass is 407 g/mol. The summed E-state index contributed by atoms with van der Waals surface area (Å²) < 4.78 is 6.99. The normalized spacial score (nSPS) is 12.9. The van der Waals surface area contributed by atoms with E-state index >= 15 is 0 Å². The molecule has 0 aliphatic heterocycles. The molecule has 0 N–H and O–H groups in total. The Morgan fingerprint density at radius 2 is 1.86 bits per heavy atom. The van der Waals surface area contributed by atoms with E-state index in [4.69, 9.17) is 9.72 Å². The molecule has 1 unspecified atom stereocenters. The van der Waals surface area contributed by atoms with Gasteiger partial charge >= 0.3 is 5.97 Å². The summed E-state index contributed by atoms with van der Waals surface area (Å²) in [5, 5.41) is 0.618. The topological polar surface area (TPSA) is 64.4 Å². The van der Waals surface area contributed by atoms with Gasteiger partial charge in [0.05, 0.1) is 18.5 Å². The van der Waals surface area contributed by atoms with Crippen molar-refractivity contribution in [2.75, 3.05) is 19.7 Å². The fourth-order valence-electron chi connectivity index (χ4n) is 3.13. The lowest BCUT2D eigenvalue weighted by Crippen LogP contribution is -2.35. The highest BCUT2D eigenvalue weighted by Crippen LogP contribution is 2.27. The molecule has 28 heavy (non-hydrogen) atoms. The second-order valence-electron chi connectivity index (χ2n) is 7.65. The number of hydrogen-bond acceptors (Lipinski definition) is 6. The number of thiophene rings is 1. The molecule has 2 rings (SSSR count). The predicted molar refractivity (Wildman–Crippen MR) is 115 cm³/mol. The highest BCUT2D eigenvalue weighted by Gasteiger charge is 2.25. The maximum Gasteiger partial charge on any atom is 0.329 e. The fourth-order valence-corrected chi connectivity index (χ4v) is 4.17. The second kappa shape index (κ2) is 9.65. The predicted octanol–water partition coefficient (Wildman–Crippen LogP) is 4.07. The summed E-state index contributed by atoms with van der Waals surface area (Å²) in [7, 11) is 0. The molecule has 0 bridgehead atoms. The summed E-state index contributed by atoms with van der Waals surface area (Å²) in [6.45, 7) is 16.6. The van der Waals surface area contributed by atoms with Crippen LogP contribution in [0.5, 0.6) is 0 Å². The lowest BCUT2D eigenvalue weighted by atomic mass is 10.1. The zero-order valence-electron chi connectivity index (χ0n) is 18.2. The molecule has 2 aromatic rings. The van der Waals surface area contributed by atoms with Crippen LogP contribution in [-0.4, -0.2) is 40.1 Å². The van der Waals surface area contributed by atoms with Crippen molar-refractivity contribution in [3.63, 3.8) is 0 Å². The second-order valence-corrected chi connectivity index (χ2v) is 8.86. The van der Waals surface area contributed by atoms with Gasteiger partial charge in [-0.1, -0.05) is 27.7 Å². The van der Waals surface area contributed by atoms with Crippen molar-refractivity contribution in [2.24, 2.45) is 5.92 Å². The maximum absolute atomic E-state index is 13.4. The Kier molecular flexibility index (Phi) is 7.78. The average molecular weight is 408 g/mol. The molecule has 0 radical (unpaired) electrons. The molecule has 0 spiro atoms. The van der Waals surface area contributed by atoms with Gasteiger partial charge in [0, 0.05) is 4.88 Å². The molecule has 0 fully saturated rings. The number of fused-ring (bicyclic) bond motifs is 1. The smallest absolute Gasteiger partial charge is 0.329 e. The van der Waals surface area contributed by atoms with E-state index < -0.39 is 6.04 Å². The minimum absolute atomic E-state index is 0.151. The minimum atomic E-state index is -0.707. The van der Waals surface area contributed by atoms with Crippen LogP contribution >= 0.6 is 11.3 Å². The van der Waals surface area contributed by atoms with E-state index in [0.717, 1.165) is 34.8 Å². The van der Waals surface area contributed by atoms with Gasteiger partial charge in [-0.15, -0.1) is 11.3 Å². The first kappa shape index (κ1) is 22.6. The molecule has 0 aliphatic carbocycles. The average Bonchev–Trinajstić information content (AvgIpc) is 2.92. The lowest BCUT2D eigenvalue weighted by Gasteiger charge is -2.23. The van der Waals surface area contributed by atoms with Crippen LogP contribution in [0.15, 0.2) is 4.79 Å². The number of ether oxygens (including phenoxy) is 1. The largest absolute Gasteiger partial charge is 0.464 e. The molecule has 2 aromatic heterocycles. The Hall–Kier alpha value is -1.73. The molecule has 0 saturated heterocycles. The standard InChI is InChI=1S/C21H33N3O3S/c1-8-23(9-2)12-17-22-19-18(14(5)16(7)28-19)20(25)24(17)15(6)21(26)27-11-10-13(3)4/h13,15H,8-12H2,1-7H3. The highest BCUT2D eigenvalue weighted by atomic mass is 32.1. The van der Waals surface area contributed by atoms with Crippen molar-refractivity contribution >= 4 is 27.5 Å². The number of carbonyl (C=O) groups is 1. The molecule has 0 amide bonds. The van der Waals surface area contributed by atoms with Gasteiger partial charge < -0.3 is 4.74 Å². The van der Waals surface area contributed by atoms with Crippen LogP contribution in [0.4, 0.5) is 0 Å². The van der Waals surface area contributed by atoms with Crippen LogP contribution < -0.4 is 5.56 Å². The Morgan fingerprint density at radius 3 is 2.43 bits per heavy atom. The third kappa shape index (κ3) is 4.81. The number of rotatable bonds is 9. The van der Waals surface area contributed by atoms with Crippen molar-refractivity contribution in [2.45, 2.75) is 67.5 Å². The van der Waals surface area contributed by atoms with Crippen LogP contribution in [0.2, 0.25) is 0 Å². The van der Waals surface area contributed by atoms with E-state index in [-0.39, 0.29) is 11.5 Å². The molecule has 0 aliphatic rings. The number of aryl methyl sites for hydroxylation is 2. The molecule has 2 heterocycles. The van der Waals surface area contributed by atoms with E-state index in [0.29, 0.717) is 30.3 Å². The summed E-state index contributed by atoms with van der Waals surface area (Å²) in [6, 6.07) is -0.707. The van der Waals surface area contributed by atoms with Gasteiger partial charge in [0.2, 0.25) is 0 Å². The Bertz CT molecular complexity index is 881. The number of carbonyl (C=O) groups excluding carboxylic acids is 1. The quantitative estimate of drug-likeness (QED) is 0.586. The highest BCUT2D eigenvalue weighted by molar-refractivity contribution is 7.18. The van der Waals surface area contributed by atoms with Gasteiger partial charge in [-0.3, -0.25) is 14.3 Å². The van der Waals surface area contributed by atoms with Crippen LogP contribution in [0.25, 0.3) is 10.2 Å². The Balaban J connectivity index is 2.50. The number of nitrogens with zero attached hydrogens (tertiary/aromatic N) is 3. The van der Waals surface area contributed by atoms with Crippen molar-refractivity contribution in [3.8, 4) is 0 Å². The summed E-state index contributed by atoms with van der Waals surface area (Å²) in [5.41, 5.74) is 0.795. The number of esters is 1. The molecular formula is C21H33N3O3S. The van der Waals surface area contributed by atoms with Gasteiger partial charge in [0.25, 0.3) is 5.56 Å². The third-order valence-corrected chi connectivity index (χ3v) is 6.34. The fraction of sp³-hybridized carbons (Fsp3) is 0.667. The SMILES string of the molecule is CCN(CC)Cc1nc2sc(C)c(C)c2c(=O)n1C(C)C(=O)OCCC(C)C. The van der Waals surface area contributed by atoms with E-state index in [9.17, 15) is 9.59 Å². The van der Waals surface area contributed by atoms with E-state index in [1.54, 1.807) is 6.92 Å². The summed E-state index contributed by atoms with van der Waals surface area (Å²) in [5.74, 6) is 0.698. The van der Waals surface area contributed by atoms with Crippen LogP contribution in [-0.2, 0) is 16.1 Å². The Morgan fingerprint density at radius 1 is 1.21 bits per heavy atom. The summed E-state index contributed by atoms with van der Waals surface area (Å²) >= 11 is 1.54. The zero-order chi connectivity index (χ0) is 21.0. The molecule has 0 aromatic carbocycles. The molecule has 6 nitrogen and oxygen atoms in total. The van der Waals surface area contributed by atoms with Gasteiger partial charge in [-0.25, -0.2) is 9.78 Å². The first-order valence-electron chi connectivity index (χ1n) is 10.1. The lowest BCUT2D eigenvalue weighted by molar-refractivity contribution is -0.147. The van der Waals surface area contributed by atoms with Gasteiger partial charge in [-0.2, -0.15) is 0 Å². The molecule has 7 heteroatoms. The third-order valence-electron chi connectivity index (χ3n) is 5.24. The Labute approximate surface area is 171 Å². The van der Waals surface area contributed by atoms with E-state index in [1.807, 2.05) is 13.8 Å². The molecule has 0 saturated carbocycles. The van der Waals surface area contributed by atoms with Crippen molar-refractivity contribution in [3.05, 3.63) is 26.6 Å². The van der Waals surface area contributed by atoms with Crippen LogP contribution in [0.3, 0.4) is 0 Å². The van der Waals surface area contributed by atoms with Gasteiger partial charge in [-0.05, 0) is 51.8 Å². The minimum Gasteiger partial charge on any atom is -0.464 e. The number of hydrogen-bond donors (Lipinski definition) is 0. The first-order valence-corrected chi connectivity index (χ1v) is 10.9. The first-order chi connectivity index (χ1) is 13.2. The van der Waals surface area contributed by atoms with Crippen molar-refractivity contribution in [1.82, 2.24) is 14.5 Å². The van der Waals surface area contributed by atoms with Gasteiger partial charge in [0.15, 0.2) is 0 Å². The maximum atomic E-state index is 13.4. The van der Waals surface area contributed by atoms with Gasteiger partial charge in [0.1, 0.15) is 16.7 Å². The summed E-state index contributed by atoms with van der Waals surface area (Å²) in [4.78, 5) is 34.8. The number of aromatic nitrogens is 2. The van der Waals surface area contributed by atoms with Crippen LogP contribution in [0, 0.1) is 19.8 Å². The molecule has 1 atom stereocenters. The van der Waals surface area contributed by atoms with Crippen LogP contribution in [0.1, 0.15) is 63.3 Å².